The number of amides is 1. The van der Waals surface area contributed by atoms with Crippen LogP contribution in [0, 0.1) is 6.92 Å². The van der Waals surface area contributed by atoms with Crippen LogP contribution in [0.25, 0.3) is 22.0 Å². The molecule has 8 heteroatoms. The van der Waals surface area contributed by atoms with Gasteiger partial charge in [-0.25, -0.2) is 4.79 Å². The van der Waals surface area contributed by atoms with Crippen LogP contribution in [0.1, 0.15) is 40.3 Å². The zero-order valence-corrected chi connectivity index (χ0v) is 19.4. The summed E-state index contributed by atoms with van der Waals surface area (Å²) in [6, 6.07) is 14.8. The number of carbonyl (C=O) groups excluding carboxylic acids is 2. The molecule has 0 atom stereocenters. The number of benzene rings is 2. The molecule has 0 radical (unpaired) electrons. The normalized spacial score (nSPS) is 10.9. The van der Waals surface area contributed by atoms with E-state index in [0.717, 1.165) is 11.1 Å². The van der Waals surface area contributed by atoms with Gasteiger partial charge in [0.25, 0.3) is 5.91 Å². The Morgan fingerprint density at radius 3 is 2.52 bits per heavy atom. The molecule has 0 aliphatic heterocycles. The van der Waals surface area contributed by atoms with Gasteiger partial charge in [-0.05, 0) is 38.5 Å². The van der Waals surface area contributed by atoms with E-state index in [9.17, 15) is 14.4 Å². The number of carbonyl (C=O) groups is 2. The second kappa shape index (κ2) is 9.38. The molecule has 0 saturated carbocycles. The number of ether oxygens (including phenoxy) is 1. The zero-order valence-electron chi connectivity index (χ0n) is 18.5. The molecule has 0 fully saturated rings. The van der Waals surface area contributed by atoms with E-state index in [-0.39, 0.29) is 17.9 Å². The van der Waals surface area contributed by atoms with E-state index >= 15 is 0 Å². The van der Waals surface area contributed by atoms with Gasteiger partial charge in [0, 0.05) is 22.9 Å². The number of nitrogens with one attached hydrogen (secondary N) is 1. The van der Waals surface area contributed by atoms with Crippen LogP contribution in [0.4, 0.5) is 5.00 Å². The molecule has 1 amide bonds. The number of nitrogens with zero attached hydrogens (tertiary/aromatic N) is 2. The van der Waals surface area contributed by atoms with Crippen LogP contribution < -0.4 is 10.7 Å². The number of hydrogen-bond acceptors (Lipinski definition) is 6. The van der Waals surface area contributed by atoms with E-state index < -0.39 is 17.3 Å². The molecule has 4 rings (SSSR count). The fourth-order valence-corrected chi connectivity index (χ4v) is 4.54. The van der Waals surface area contributed by atoms with E-state index in [1.807, 2.05) is 44.2 Å². The minimum absolute atomic E-state index is 0.197. The molecule has 0 spiro atoms. The van der Waals surface area contributed by atoms with Crippen LogP contribution in [0.5, 0.6) is 0 Å². The lowest BCUT2D eigenvalue weighted by molar-refractivity contribution is 0.0529. The third-order valence-corrected chi connectivity index (χ3v) is 6.13. The maximum atomic E-state index is 13.1. The molecule has 2 aromatic carbocycles. The summed E-state index contributed by atoms with van der Waals surface area (Å²) in [7, 11) is 0. The second-order valence-corrected chi connectivity index (χ2v) is 8.28. The molecule has 0 aliphatic rings. The van der Waals surface area contributed by atoms with Gasteiger partial charge in [0.2, 0.25) is 5.43 Å². The lowest BCUT2D eigenvalue weighted by atomic mass is 10.0. The average Bonchev–Trinajstić information content (AvgIpc) is 3.23. The Balaban J connectivity index is 1.77. The van der Waals surface area contributed by atoms with Crippen LogP contribution in [0.3, 0.4) is 0 Å². The summed E-state index contributed by atoms with van der Waals surface area (Å²) in [6.07, 6.45) is 0. The van der Waals surface area contributed by atoms with Crippen LogP contribution in [-0.4, -0.2) is 28.3 Å². The molecule has 0 bridgehead atoms. The highest BCUT2D eigenvalue weighted by molar-refractivity contribution is 7.15. The number of aryl methyl sites for hydroxylation is 2. The van der Waals surface area contributed by atoms with E-state index in [4.69, 9.17) is 4.74 Å². The Morgan fingerprint density at radius 1 is 1.09 bits per heavy atom. The topological polar surface area (TPSA) is 90.3 Å². The van der Waals surface area contributed by atoms with Crippen molar-refractivity contribution in [1.29, 1.82) is 0 Å². The van der Waals surface area contributed by atoms with Crippen molar-refractivity contribution in [3.63, 3.8) is 0 Å². The lowest BCUT2D eigenvalue weighted by Crippen LogP contribution is -2.27. The molecular weight excluding hydrogens is 438 g/mol. The van der Waals surface area contributed by atoms with Crippen molar-refractivity contribution in [2.75, 3.05) is 11.9 Å². The zero-order chi connectivity index (χ0) is 23.5. The van der Waals surface area contributed by atoms with Crippen LogP contribution >= 0.6 is 11.3 Å². The van der Waals surface area contributed by atoms with Crippen molar-refractivity contribution in [1.82, 2.24) is 9.78 Å². The third kappa shape index (κ3) is 4.29. The highest BCUT2D eigenvalue weighted by atomic mass is 32.1. The maximum Gasteiger partial charge on any atom is 0.341 e. The molecule has 2 heterocycles. The molecule has 1 N–H and O–H groups in total. The lowest BCUT2D eigenvalue weighted by Gasteiger charge is -2.11. The Labute approximate surface area is 194 Å². The van der Waals surface area contributed by atoms with Gasteiger partial charge in [-0.1, -0.05) is 42.0 Å². The van der Waals surface area contributed by atoms with E-state index in [0.29, 0.717) is 28.0 Å². The molecule has 0 unspecified atom stereocenters. The number of aromatic nitrogens is 2. The minimum atomic E-state index is -0.671. The highest BCUT2D eigenvalue weighted by Gasteiger charge is 2.25. The summed E-state index contributed by atoms with van der Waals surface area (Å²) in [4.78, 5) is 38.9. The third-order valence-electron chi connectivity index (χ3n) is 5.24. The van der Waals surface area contributed by atoms with Gasteiger partial charge in [0.05, 0.1) is 12.1 Å². The predicted octanol–water partition coefficient (Wildman–Crippen LogP) is 4.88. The first-order valence-electron chi connectivity index (χ1n) is 10.6. The van der Waals surface area contributed by atoms with Gasteiger partial charge in [-0.3, -0.25) is 14.3 Å². The van der Waals surface area contributed by atoms with Crippen molar-refractivity contribution in [3.8, 4) is 11.1 Å². The summed E-state index contributed by atoms with van der Waals surface area (Å²) in [5, 5.41) is 9.53. The fraction of sp³-hybridized carbons (Fsp3) is 0.200. The molecule has 4 aromatic rings. The standard InChI is InChI=1S/C25H23N3O4S/c1-4-28-19-9-7-6-8-17(19)22(29)21(27-28)23(30)26-24-20(25(31)32-5-2)18(14-33-24)16-12-10-15(3)11-13-16/h6-14H,4-5H2,1-3H3,(H,26,30). The largest absolute Gasteiger partial charge is 0.462 e. The molecule has 0 aliphatic carbocycles. The summed E-state index contributed by atoms with van der Waals surface area (Å²) in [5.74, 6) is -1.21. The monoisotopic (exact) mass is 461 g/mol. The highest BCUT2D eigenvalue weighted by Crippen LogP contribution is 2.36. The number of anilines is 1. The first-order valence-corrected chi connectivity index (χ1v) is 11.5. The average molecular weight is 462 g/mol. The van der Waals surface area contributed by atoms with Crippen molar-refractivity contribution >= 4 is 39.1 Å². The summed E-state index contributed by atoms with van der Waals surface area (Å²) >= 11 is 1.20. The quantitative estimate of drug-likeness (QED) is 0.413. The number of para-hydroxylation sites is 1. The molecule has 168 valence electrons. The van der Waals surface area contributed by atoms with Gasteiger partial charge >= 0.3 is 5.97 Å². The molecule has 33 heavy (non-hydrogen) atoms. The predicted molar refractivity (Wildman–Crippen MR) is 130 cm³/mol. The molecule has 2 aromatic heterocycles. The van der Waals surface area contributed by atoms with Crippen molar-refractivity contribution in [3.05, 3.63) is 81.0 Å². The number of hydrogen-bond donors (Lipinski definition) is 1. The summed E-state index contributed by atoms with van der Waals surface area (Å²) in [6.45, 7) is 6.28. The summed E-state index contributed by atoms with van der Waals surface area (Å²) < 4.78 is 6.87. The van der Waals surface area contributed by atoms with Gasteiger partial charge in [-0.15, -0.1) is 11.3 Å². The molecule has 7 nitrogen and oxygen atoms in total. The SMILES string of the molecule is CCOC(=O)c1c(-c2ccc(C)cc2)csc1NC(=O)c1nn(CC)c2ccccc2c1=O. The minimum Gasteiger partial charge on any atom is -0.462 e. The van der Waals surface area contributed by atoms with Gasteiger partial charge in [0.15, 0.2) is 5.69 Å². The van der Waals surface area contributed by atoms with Gasteiger partial charge in [0.1, 0.15) is 10.6 Å². The number of fused-ring (bicyclic) bond motifs is 1. The van der Waals surface area contributed by atoms with Crippen molar-refractivity contribution in [2.45, 2.75) is 27.3 Å². The first-order chi connectivity index (χ1) is 15.9. The van der Waals surface area contributed by atoms with E-state index in [1.54, 1.807) is 35.2 Å². The number of rotatable bonds is 6. The fourth-order valence-electron chi connectivity index (χ4n) is 3.59. The second-order valence-electron chi connectivity index (χ2n) is 7.40. The molecular formula is C25H23N3O4S. The van der Waals surface area contributed by atoms with Gasteiger partial charge < -0.3 is 10.1 Å². The summed E-state index contributed by atoms with van der Waals surface area (Å²) in [5.41, 5.74) is 2.82. The Morgan fingerprint density at radius 2 is 1.82 bits per heavy atom. The van der Waals surface area contributed by atoms with Crippen molar-refractivity contribution in [2.24, 2.45) is 0 Å². The Hall–Kier alpha value is -3.78. The number of esters is 1. The first kappa shape index (κ1) is 22.4. The van der Waals surface area contributed by atoms with Crippen LogP contribution in [0.2, 0.25) is 0 Å². The van der Waals surface area contributed by atoms with E-state index in [2.05, 4.69) is 10.4 Å². The maximum absolute atomic E-state index is 13.1. The van der Waals surface area contributed by atoms with Gasteiger partial charge in [-0.2, -0.15) is 5.10 Å². The molecule has 0 saturated heterocycles. The smallest absolute Gasteiger partial charge is 0.341 e. The van der Waals surface area contributed by atoms with E-state index in [1.165, 1.54) is 11.3 Å². The Bertz CT molecular complexity index is 1400. The van der Waals surface area contributed by atoms with Crippen LogP contribution in [0.15, 0.2) is 58.7 Å². The number of thiophene rings is 1. The Kier molecular flexibility index (Phi) is 6.37. The van der Waals surface area contributed by atoms with Crippen molar-refractivity contribution < 1.29 is 14.3 Å². The van der Waals surface area contributed by atoms with Crippen LogP contribution in [-0.2, 0) is 11.3 Å².